The average Bonchev–Trinajstić information content (AvgIpc) is 2.55. The van der Waals surface area contributed by atoms with Crippen LogP contribution in [0.15, 0.2) is 29.2 Å². The molecule has 0 aromatic heterocycles. The van der Waals surface area contributed by atoms with E-state index in [0.29, 0.717) is 25.9 Å². The third kappa shape index (κ3) is 5.41. The van der Waals surface area contributed by atoms with Crippen molar-refractivity contribution in [2.75, 3.05) is 24.7 Å². The van der Waals surface area contributed by atoms with E-state index in [1.807, 2.05) is 42.3 Å². The SMILES string of the molecule is CSc1ccc(NC(=O)C(C)N2CCC(C(=O)O)CC2)cc1.Cl. The van der Waals surface area contributed by atoms with E-state index >= 15 is 0 Å². The highest BCUT2D eigenvalue weighted by Gasteiger charge is 2.29. The van der Waals surface area contributed by atoms with Crippen molar-refractivity contribution in [1.29, 1.82) is 0 Å². The molecule has 1 aromatic carbocycles. The third-order valence-electron chi connectivity index (χ3n) is 4.16. The minimum Gasteiger partial charge on any atom is -0.481 e. The van der Waals surface area contributed by atoms with Gasteiger partial charge in [-0.05, 0) is 63.4 Å². The van der Waals surface area contributed by atoms with Gasteiger partial charge in [0.25, 0.3) is 0 Å². The number of thioether (sulfide) groups is 1. The molecule has 1 fully saturated rings. The number of carbonyl (C=O) groups excluding carboxylic acids is 1. The van der Waals surface area contributed by atoms with Crippen LogP contribution in [0.5, 0.6) is 0 Å². The van der Waals surface area contributed by atoms with Gasteiger partial charge in [0.05, 0.1) is 12.0 Å². The van der Waals surface area contributed by atoms with Crippen molar-refractivity contribution < 1.29 is 14.7 Å². The van der Waals surface area contributed by atoms with E-state index in [2.05, 4.69) is 5.32 Å². The molecule has 1 saturated heterocycles. The van der Waals surface area contributed by atoms with Crippen LogP contribution >= 0.6 is 24.2 Å². The highest BCUT2D eigenvalue weighted by molar-refractivity contribution is 7.98. The molecule has 2 rings (SSSR count). The number of carboxylic acids is 1. The average molecular weight is 359 g/mol. The zero-order valence-electron chi connectivity index (χ0n) is 13.3. The minimum absolute atomic E-state index is 0. The van der Waals surface area contributed by atoms with Gasteiger partial charge in [0.1, 0.15) is 0 Å². The minimum atomic E-state index is -0.731. The van der Waals surface area contributed by atoms with Crippen molar-refractivity contribution in [2.45, 2.75) is 30.7 Å². The summed E-state index contributed by atoms with van der Waals surface area (Å²) in [5.41, 5.74) is 0.787. The maximum Gasteiger partial charge on any atom is 0.306 e. The number of carbonyl (C=O) groups is 2. The van der Waals surface area contributed by atoms with E-state index in [-0.39, 0.29) is 30.3 Å². The second-order valence-electron chi connectivity index (χ2n) is 5.54. The van der Waals surface area contributed by atoms with E-state index in [4.69, 9.17) is 5.11 Å². The van der Waals surface area contributed by atoms with Crippen LogP contribution in [-0.4, -0.2) is 47.3 Å². The molecule has 1 unspecified atom stereocenters. The van der Waals surface area contributed by atoms with Gasteiger partial charge in [0, 0.05) is 10.6 Å². The lowest BCUT2D eigenvalue weighted by molar-refractivity contribution is -0.143. The summed E-state index contributed by atoms with van der Waals surface area (Å²) in [6, 6.07) is 7.49. The molecule has 5 nitrogen and oxygen atoms in total. The summed E-state index contributed by atoms with van der Waals surface area (Å²) in [5, 5.41) is 11.9. The molecule has 7 heteroatoms. The Morgan fingerprint density at radius 1 is 1.26 bits per heavy atom. The highest BCUT2D eigenvalue weighted by Crippen LogP contribution is 2.21. The number of likely N-dealkylation sites (tertiary alicyclic amines) is 1. The summed E-state index contributed by atoms with van der Waals surface area (Å²) in [6.07, 6.45) is 3.22. The van der Waals surface area contributed by atoms with Gasteiger partial charge in [-0.15, -0.1) is 24.2 Å². The molecule has 1 atom stereocenters. The van der Waals surface area contributed by atoms with Crippen LogP contribution < -0.4 is 5.32 Å². The predicted octanol–water partition coefficient (Wildman–Crippen LogP) is 2.95. The maximum absolute atomic E-state index is 12.3. The Labute approximate surface area is 147 Å². The van der Waals surface area contributed by atoms with Crippen LogP contribution in [0.2, 0.25) is 0 Å². The lowest BCUT2D eigenvalue weighted by Gasteiger charge is -2.33. The number of nitrogens with one attached hydrogen (secondary N) is 1. The Bertz CT molecular complexity index is 531. The number of hydrogen-bond acceptors (Lipinski definition) is 4. The Morgan fingerprint density at radius 3 is 2.30 bits per heavy atom. The summed E-state index contributed by atoms with van der Waals surface area (Å²) < 4.78 is 0. The number of hydrogen-bond donors (Lipinski definition) is 2. The number of anilines is 1. The number of nitrogens with zero attached hydrogens (tertiary/aromatic N) is 1. The van der Waals surface area contributed by atoms with Crippen molar-refractivity contribution in [2.24, 2.45) is 5.92 Å². The van der Waals surface area contributed by atoms with E-state index < -0.39 is 5.97 Å². The number of rotatable bonds is 5. The van der Waals surface area contributed by atoms with Crippen molar-refractivity contribution in [3.63, 3.8) is 0 Å². The van der Waals surface area contributed by atoms with Crippen molar-refractivity contribution >= 4 is 41.7 Å². The van der Waals surface area contributed by atoms with E-state index in [1.165, 1.54) is 0 Å². The summed E-state index contributed by atoms with van der Waals surface area (Å²) in [6.45, 7) is 3.17. The number of carboxylic acid groups (broad SMARTS) is 1. The normalized spacial score (nSPS) is 17.1. The molecule has 1 heterocycles. The van der Waals surface area contributed by atoms with E-state index in [0.717, 1.165) is 10.6 Å². The molecule has 2 N–H and O–H groups in total. The second-order valence-corrected chi connectivity index (χ2v) is 6.42. The van der Waals surface area contributed by atoms with Gasteiger partial charge in [-0.25, -0.2) is 0 Å². The van der Waals surface area contributed by atoms with Gasteiger partial charge in [-0.2, -0.15) is 0 Å². The number of halogens is 1. The molecule has 1 aliphatic rings. The van der Waals surface area contributed by atoms with Gasteiger partial charge in [0.15, 0.2) is 0 Å². The topological polar surface area (TPSA) is 69.6 Å². The summed E-state index contributed by atoms with van der Waals surface area (Å²) in [5.74, 6) is -1.05. The van der Waals surface area contributed by atoms with Crippen LogP contribution in [0.3, 0.4) is 0 Å². The monoisotopic (exact) mass is 358 g/mol. The van der Waals surface area contributed by atoms with Gasteiger partial charge >= 0.3 is 5.97 Å². The van der Waals surface area contributed by atoms with Gasteiger partial charge < -0.3 is 10.4 Å². The Balaban J connectivity index is 0.00000264. The first-order valence-corrected chi connectivity index (χ1v) is 8.65. The largest absolute Gasteiger partial charge is 0.481 e. The first kappa shape index (κ1) is 19.8. The predicted molar refractivity (Wildman–Crippen MR) is 95.5 cm³/mol. The Hall–Kier alpha value is -1.24. The zero-order valence-corrected chi connectivity index (χ0v) is 15.0. The number of aliphatic carboxylic acids is 1. The number of benzene rings is 1. The lowest BCUT2D eigenvalue weighted by Crippen LogP contribution is -2.46. The van der Waals surface area contributed by atoms with E-state index in [1.54, 1.807) is 11.8 Å². The summed E-state index contributed by atoms with van der Waals surface area (Å²) in [7, 11) is 0. The van der Waals surface area contributed by atoms with Gasteiger partial charge in [0.2, 0.25) is 5.91 Å². The molecule has 1 aromatic rings. The highest BCUT2D eigenvalue weighted by atomic mass is 35.5. The number of amides is 1. The molecule has 0 spiro atoms. The molecule has 0 saturated carbocycles. The zero-order chi connectivity index (χ0) is 16.1. The van der Waals surface area contributed by atoms with Crippen molar-refractivity contribution in [3.8, 4) is 0 Å². The third-order valence-corrected chi connectivity index (χ3v) is 4.91. The first-order valence-electron chi connectivity index (χ1n) is 7.43. The molecule has 1 aliphatic heterocycles. The van der Waals surface area contributed by atoms with Crippen LogP contribution in [0.4, 0.5) is 5.69 Å². The van der Waals surface area contributed by atoms with Gasteiger partial charge in [-0.1, -0.05) is 0 Å². The van der Waals surface area contributed by atoms with Crippen LogP contribution in [0.1, 0.15) is 19.8 Å². The Kier molecular flexibility index (Phi) is 7.88. The molecule has 0 aliphatic carbocycles. The molecule has 23 heavy (non-hydrogen) atoms. The molecular formula is C16H23ClN2O3S. The smallest absolute Gasteiger partial charge is 0.306 e. The molecule has 0 bridgehead atoms. The van der Waals surface area contributed by atoms with Crippen LogP contribution in [0, 0.1) is 5.92 Å². The number of piperidine rings is 1. The molecular weight excluding hydrogens is 336 g/mol. The molecule has 128 valence electrons. The fourth-order valence-corrected chi connectivity index (χ4v) is 3.03. The van der Waals surface area contributed by atoms with Crippen molar-refractivity contribution in [1.82, 2.24) is 4.90 Å². The first-order chi connectivity index (χ1) is 10.5. The fraction of sp³-hybridized carbons (Fsp3) is 0.500. The van der Waals surface area contributed by atoms with Gasteiger partial charge in [-0.3, -0.25) is 14.5 Å². The van der Waals surface area contributed by atoms with Crippen LogP contribution in [-0.2, 0) is 9.59 Å². The molecule has 0 radical (unpaired) electrons. The van der Waals surface area contributed by atoms with Crippen molar-refractivity contribution in [3.05, 3.63) is 24.3 Å². The lowest BCUT2D eigenvalue weighted by atomic mass is 9.96. The Morgan fingerprint density at radius 2 is 1.83 bits per heavy atom. The quantitative estimate of drug-likeness (QED) is 0.792. The summed E-state index contributed by atoms with van der Waals surface area (Å²) >= 11 is 1.66. The maximum atomic E-state index is 12.3. The van der Waals surface area contributed by atoms with Crippen LogP contribution in [0.25, 0.3) is 0 Å². The van der Waals surface area contributed by atoms with E-state index in [9.17, 15) is 9.59 Å². The standard InChI is InChI=1S/C16H22N2O3S.ClH/c1-11(18-9-7-12(8-10-18)16(20)21)15(19)17-13-3-5-14(22-2)6-4-13;/h3-6,11-12H,7-10H2,1-2H3,(H,17,19)(H,20,21);1H. The molecule has 1 amide bonds. The fourth-order valence-electron chi connectivity index (χ4n) is 2.62. The second kappa shape index (κ2) is 9.15. The summed E-state index contributed by atoms with van der Waals surface area (Å²) in [4.78, 5) is 26.5.